The Morgan fingerprint density at radius 3 is 2.75 bits per heavy atom. The lowest BCUT2D eigenvalue weighted by Gasteiger charge is -2.29. The molecule has 1 aliphatic heterocycles. The van der Waals surface area contributed by atoms with Crippen LogP contribution in [0.5, 0.6) is 0 Å². The van der Waals surface area contributed by atoms with E-state index in [9.17, 15) is 4.79 Å². The number of aryl methyl sites for hydroxylation is 1. The zero-order chi connectivity index (χ0) is 11.5. The van der Waals surface area contributed by atoms with Crippen molar-refractivity contribution < 1.29 is 4.79 Å². The van der Waals surface area contributed by atoms with Crippen LogP contribution in [-0.4, -0.2) is 32.6 Å². The van der Waals surface area contributed by atoms with Gasteiger partial charge in [0.25, 0.3) is 5.24 Å². The lowest BCUT2D eigenvalue weighted by molar-refractivity contribution is 0.197. The first-order valence-corrected chi connectivity index (χ1v) is 7.01. The van der Waals surface area contributed by atoms with Gasteiger partial charge in [0.15, 0.2) is 0 Å². The zero-order valence-corrected chi connectivity index (χ0v) is 11.1. The highest BCUT2D eigenvalue weighted by atomic mass is 32.2. The van der Waals surface area contributed by atoms with Crippen LogP contribution in [0.2, 0.25) is 0 Å². The van der Waals surface area contributed by atoms with Crippen LogP contribution in [-0.2, 0) is 0 Å². The van der Waals surface area contributed by atoms with Gasteiger partial charge in [0.1, 0.15) is 5.01 Å². The number of amides is 1. The number of aromatic nitrogens is 2. The minimum atomic E-state index is 0.0877. The number of rotatable bonds is 1. The lowest BCUT2D eigenvalue weighted by Crippen LogP contribution is -2.35. The van der Waals surface area contributed by atoms with Crippen LogP contribution in [0.4, 0.5) is 4.79 Å². The van der Waals surface area contributed by atoms with Gasteiger partial charge >= 0.3 is 0 Å². The fraction of sp³-hybridized carbons (Fsp3) is 0.700. The molecule has 1 aromatic rings. The van der Waals surface area contributed by atoms with E-state index in [1.807, 2.05) is 11.8 Å². The maximum atomic E-state index is 11.9. The molecule has 1 aromatic heterocycles. The molecule has 0 radical (unpaired) electrons. The average Bonchev–Trinajstić information content (AvgIpc) is 2.65. The molecule has 2 rings (SSSR count). The Morgan fingerprint density at radius 2 is 2.19 bits per heavy atom. The molecule has 0 saturated carbocycles. The molecule has 2 heterocycles. The molecule has 0 spiro atoms. The van der Waals surface area contributed by atoms with Gasteiger partial charge in [0, 0.05) is 24.9 Å². The second-order valence-electron chi connectivity index (χ2n) is 4.13. The largest absolute Gasteiger partial charge is 0.333 e. The summed E-state index contributed by atoms with van der Waals surface area (Å²) in [5.74, 6) is 0.744. The van der Waals surface area contributed by atoms with Gasteiger partial charge in [0.2, 0.25) is 5.16 Å². The molecule has 1 saturated heterocycles. The Kier molecular flexibility index (Phi) is 3.81. The molecular weight excluding hydrogens is 242 g/mol. The van der Waals surface area contributed by atoms with E-state index in [1.54, 1.807) is 0 Å². The van der Waals surface area contributed by atoms with Gasteiger partial charge in [-0.25, -0.2) is 4.98 Å². The van der Waals surface area contributed by atoms with Gasteiger partial charge < -0.3 is 4.90 Å². The van der Waals surface area contributed by atoms with E-state index < -0.39 is 0 Å². The quantitative estimate of drug-likeness (QED) is 0.726. The molecule has 1 fully saturated rings. The summed E-state index contributed by atoms with van der Waals surface area (Å²) >= 11 is 2.49. The third-order valence-electron chi connectivity index (χ3n) is 2.73. The molecule has 0 aliphatic carbocycles. The molecule has 0 N–H and O–H groups in total. The average molecular weight is 257 g/mol. The van der Waals surface area contributed by atoms with E-state index in [-0.39, 0.29) is 5.24 Å². The highest BCUT2D eigenvalue weighted by molar-refractivity contribution is 8.13. The number of piperidine rings is 1. The fourth-order valence-corrected chi connectivity index (χ4v) is 3.00. The standard InChI is InChI=1S/C10H15N3OS2/c1-7-3-5-13(6-4-7)10(14)15-9-11-8(2)16-12-9/h7H,3-6H2,1-2H3. The highest BCUT2D eigenvalue weighted by Crippen LogP contribution is 2.24. The van der Waals surface area contributed by atoms with Gasteiger partial charge in [-0.1, -0.05) is 6.92 Å². The van der Waals surface area contributed by atoms with E-state index in [0.29, 0.717) is 5.16 Å². The summed E-state index contributed by atoms with van der Waals surface area (Å²) in [6.07, 6.45) is 2.21. The molecule has 0 bridgehead atoms. The second-order valence-corrected chi connectivity index (χ2v) is 6.01. The Bertz CT molecular complexity index is 372. The predicted molar refractivity (Wildman–Crippen MR) is 65.9 cm³/mol. The Balaban J connectivity index is 1.88. The van der Waals surface area contributed by atoms with Crippen LogP contribution in [0.3, 0.4) is 0 Å². The van der Waals surface area contributed by atoms with E-state index in [1.165, 1.54) is 11.5 Å². The third kappa shape index (κ3) is 2.95. The van der Waals surface area contributed by atoms with Crippen LogP contribution >= 0.6 is 23.3 Å². The van der Waals surface area contributed by atoms with Gasteiger partial charge in [0.05, 0.1) is 0 Å². The van der Waals surface area contributed by atoms with Crippen molar-refractivity contribution in [1.29, 1.82) is 0 Å². The van der Waals surface area contributed by atoms with Crippen molar-refractivity contribution in [3.8, 4) is 0 Å². The molecule has 16 heavy (non-hydrogen) atoms. The molecule has 4 nitrogen and oxygen atoms in total. The molecule has 6 heteroatoms. The van der Waals surface area contributed by atoms with Crippen molar-refractivity contribution in [1.82, 2.24) is 14.3 Å². The van der Waals surface area contributed by atoms with E-state index >= 15 is 0 Å². The molecule has 88 valence electrons. The van der Waals surface area contributed by atoms with Gasteiger partial charge in [-0.15, -0.1) is 0 Å². The van der Waals surface area contributed by atoms with Crippen molar-refractivity contribution >= 4 is 28.5 Å². The maximum absolute atomic E-state index is 11.9. The number of nitrogens with zero attached hydrogens (tertiary/aromatic N) is 3. The van der Waals surface area contributed by atoms with Crippen LogP contribution in [0.1, 0.15) is 24.8 Å². The summed E-state index contributed by atoms with van der Waals surface area (Å²) in [6, 6.07) is 0. The van der Waals surface area contributed by atoms with Crippen LogP contribution < -0.4 is 0 Å². The molecule has 0 unspecified atom stereocenters. The predicted octanol–water partition coefficient (Wildman–Crippen LogP) is 2.79. The molecule has 1 amide bonds. The topological polar surface area (TPSA) is 46.1 Å². The summed E-state index contributed by atoms with van der Waals surface area (Å²) in [5.41, 5.74) is 0. The Labute approximate surface area is 104 Å². The fourth-order valence-electron chi connectivity index (χ4n) is 1.66. The summed E-state index contributed by atoms with van der Waals surface area (Å²) in [6.45, 7) is 5.88. The summed E-state index contributed by atoms with van der Waals surface area (Å²) in [4.78, 5) is 18.0. The minimum Gasteiger partial charge on any atom is -0.333 e. The van der Waals surface area contributed by atoms with Crippen LogP contribution in [0.25, 0.3) is 0 Å². The van der Waals surface area contributed by atoms with Crippen molar-refractivity contribution in [3.63, 3.8) is 0 Å². The Morgan fingerprint density at radius 1 is 1.50 bits per heavy atom. The summed E-state index contributed by atoms with van der Waals surface area (Å²) < 4.78 is 4.11. The van der Waals surface area contributed by atoms with Crippen LogP contribution in [0, 0.1) is 12.8 Å². The van der Waals surface area contributed by atoms with E-state index in [4.69, 9.17) is 0 Å². The monoisotopic (exact) mass is 257 g/mol. The van der Waals surface area contributed by atoms with Gasteiger partial charge in [-0.2, -0.15) is 4.37 Å². The van der Waals surface area contributed by atoms with Crippen LogP contribution in [0.15, 0.2) is 5.16 Å². The normalized spacial score (nSPS) is 17.8. The first kappa shape index (κ1) is 11.9. The smallest absolute Gasteiger partial charge is 0.289 e. The van der Waals surface area contributed by atoms with E-state index in [0.717, 1.165) is 48.6 Å². The summed E-state index contributed by atoms with van der Waals surface area (Å²) in [7, 11) is 0. The van der Waals surface area contributed by atoms with Gasteiger partial charge in [-0.05, 0) is 37.2 Å². The molecular formula is C10H15N3OS2. The number of hydrogen-bond acceptors (Lipinski definition) is 5. The first-order valence-electron chi connectivity index (χ1n) is 5.42. The highest BCUT2D eigenvalue weighted by Gasteiger charge is 2.22. The first-order chi connectivity index (χ1) is 7.65. The number of carbonyl (C=O) groups is 1. The number of likely N-dealkylation sites (tertiary alicyclic amines) is 1. The lowest BCUT2D eigenvalue weighted by atomic mass is 10.00. The van der Waals surface area contributed by atoms with Crippen molar-refractivity contribution in [3.05, 3.63) is 5.01 Å². The minimum absolute atomic E-state index is 0.0877. The number of hydrogen-bond donors (Lipinski definition) is 0. The Hall–Kier alpha value is -0.620. The summed E-state index contributed by atoms with van der Waals surface area (Å²) in [5, 5.41) is 1.58. The third-order valence-corrected chi connectivity index (χ3v) is 4.26. The van der Waals surface area contributed by atoms with Crippen molar-refractivity contribution in [2.24, 2.45) is 5.92 Å². The number of carbonyl (C=O) groups excluding carboxylic acids is 1. The SMILES string of the molecule is Cc1nc(SC(=O)N2CCC(C)CC2)ns1. The number of thioether (sulfide) groups is 1. The molecule has 0 atom stereocenters. The molecule has 0 aromatic carbocycles. The van der Waals surface area contributed by atoms with Gasteiger partial charge in [-0.3, -0.25) is 4.79 Å². The molecule has 1 aliphatic rings. The maximum Gasteiger partial charge on any atom is 0.289 e. The second kappa shape index (κ2) is 5.14. The van der Waals surface area contributed by atoms with Crippen molar-refractivity contribution in [2.45, 2.75) is 31.8 Å². The zero-order valence-electron chi connectivity index (χ0n) is 9.47. The van der Waals surface area contributed by atoms with Crippen molar-refractivity contribution in [2.75, 3.05) is 13.1 Å². The van der Waals surface area contributed by atoms with E-state index in [2.05, 4.69) is 16.3 Å².